The fraction of sp³-hybridized carbons (Fsp3) is 0.100. The molecule has 0 spiro atoms. The van der Waals surface area contributed by atoms with Crippen LogP contribution in [0.25, 0.3) is 33.5 Å². The van der Waals surface area contributed by atoms with E-state index >= 15 is 0 Å². The summed E-state index contributed by atoms with van der Waals surface area (Å²) < 4.78 is 7.11. The van der Waals surface area contributed by atoms with Crippen molar-refractivity contribution in [2.75, 3.05) is 0 Å². The van der Waals surface area contributed by atoms with Crippen LogP contribution >= 0.6 is 0 Å². The van der Waals surface area contributed by atoms with Crippen molar-refractivity contribution in [2.45, 2.75) is 13.0 Å². The third-order valence-corrected chi connectivity index (χ3v) is 4.60. The Bertz CT molecular complexity index is 1170. The van der Waals surface area contributed by atoms with Crippen molar-refractivity contribution in [3.8, 4) is 22.5 Å². The number of hydrogen-bond acceptors (Lipinski definition) is 5. The van der Waals surface area contributed by atoms with Crippen LogP contribution in [0.1, 0.15) is 5.69 Å². The van der Waals surface area contributed by atoms with E-state index in [2.05, 4.69) is 37.0 Å². The van der Waals surface area contributed by atoms with E-state index in [1.54, 1.807) is 6.33 Å². The highest BCUT2D eigenvalue weighted by atomic mass is 16.6. The molecule has 7 heteroatoms. The summed E-state index contributed by atoms with van der Waals surface area (Å²) in [6.07, 6.45) is 6.24. The van der Waals surface area contributed by atoms with Crippen LogP contribution in [0.15, 0.2) is 72.0 Å². The van der Waals surface area contributed by atoms with Gasteiger partial charge in [0, 0.05) is 36.0 Å². The highest BCUT2D eigenvalue weighted by Crippen LogP contribution is 2.34. The first-order valence-corrected chi connectivity index (χ1v) is 8.69. The molecule has 1 N–H and O–H groups in total. The van der Waals surface area contributed by atoms with Crippen molar-refractivity contribution in [1.29, 1.82) is 0 Å². The zero-order chi connectivity index (χ0) is 18.1. The molecule has 5 rings (SSSR count). The normalized spacial score (nSPS) is 11.3. The number of benzene rings is 2. The van der Waals surface area contributed by atoms with Gasteiger partial charge in [0.2, 0.25) is 0 Å². The van der Waals surface area contributed by atoms with Gasteiger partial charge < -0.3 is 9.55 Å². The fourth-order valence-electron chi connectivity index (χ4n) is 3.30. The van der Waals surface area contributed by atoms with Crippen molar-refractivity contribution >= 4 is 11.0 Å². The lowest BCUT2D eigenvalue weighted by Gasteiger charge is -2.10. The molecule has 0 saturated heterocycles. The zero-order valence-electron chi connectivity index (χ0n) is 14.4. The SMILES string of the molecule is c1ccc(-c2ncn(CCc3cnc[nH]3)c2-c2cccc3nonc23)cc1. The van der Waals surface area contributed by atoms with Gasteiger partial charge in [-0.25, -0.2) is 14.6 Å². The summed E-state index contributed by atoms with van der Waals surface area (Å²) >= 11 is 0. The first-order chi connectivity index (χ1) is 13.4. The molecule has 0 aliphatic rings. The number of imidazole rings is 2. The number of nitrogens with one attached hydrogen (secondary N) is 1. The Morgan fingerprint density at radius 2 is 1.93 bits per heavy atom. The summed E-state index contributed by atoms with van der Waals surface area (Å²) in [5.74, 6) is 0. The molecule has 0 fully saturated rings. The largest absolute Gasteiger partial charge is 0.348 e. The number of nitrogens with zero attached hydrogens (tertiary/aromatic N) is 5. The molecule has 0 amide bonds. The Kier molecular flexibility index (Phi) is 3.75. The van der Waals surface area contributed by atoms with Crippen LogP contribution in [-0.2, 0) is 13.0 Å². The van der Waals surface area contributed by atoms with Crippen molar-refractivity contribution in [1.82, 2.24) is 29.8 Å². The van der Waals surface area contributed by atoms with Gasteiger partial charge in [-0.3, -0.25) is 0 Å². The molecule has 0 saturated carbocycles. The Morgan fingerprint density at radius 1 is 1.00 bits per heavy atom. The van der Waals surface area contributed by atoms with Gasteiger partial charge in [-0.1, -0.05) is 42.5 Å². The van der Waals surface area contributed by atoms with Crippen LogP contribution in [-0.4, -0.2) is 29.8 Å². The van der Waals surface area contributed by atoms with Crippen molar-refractivity contribution in [2.24, 2.45) is 0 Å². The maximum Gasteiger partial charge on any atom is 0.144 e. The molecule has 27 heavy (non-hydrogen) atoms. The third kappa shape index (κ3) is 2.79. The highest BCUT2D eigenvalue weighted by Gasteiger charge is 2.19. The van der Waals surface area contributed by atoms with Crippen molar-refractivity contribution in [3.05, 3.63) is 73.1 Å². The molecule has 0 bridgehead atoms. The summed E-state index contributed by atoms with van der Waals surface area (Å²) in [7, 11) is 0. The quantitative estimate of drug-likeness (QED) is 0.519. The maximum atomic E-state index is 4.97. The van der Waals surface area contributed by atoms with Crippen LogP contribution in [0.2, 0.25) is 0 Å². The van der Waals surface area contributed by atoms with E-state index in [0.29, 0.717) is 0 Å². The predicted octanol–water partition coefficient (Wildman–Crippen LogP) is 3.72. The molecule has 0 atom stereocenters. The van der Waals surface area contributed by atoms with E-state index in [9.17, 15) is 0 Å². The fourth-order valence-corrected chi connectivity index (χ4v) is 3.30. The predicted molar refractivity (Wildman–Crippen MR) is 101 cm³/mol. The lowest BCUT2D eigenvalue weighted by molar-refractivity contribution is 0.315. The molecule has 0 radical (unpaired) electrons. The summed E-state index contributed by atoms with van der Waals surface area (Å²) in [5.41, 5.74) is 6.47. The van der Waals surface area contributed by atoms with E-state index < -0.39 is 0 Å². The molecule has 3 heterocycles. The average Bonchev–Trinajstić information content (AvgIpc) is 3.46. The van der Waals surface area contributed by atoms with Gasteiger partial charge >= 0.3 is 0 Å². The van der Waals surface area contributed by atoms with Crippen LogP contribution in [0.3, 0.4) is 0 Å². The number of hydrogen-bond donors (Lipinski definition) is 1. The van der Waals surface area contributed by atoms with E-state index in [1.165, 1.54) is 0 Å². The van der Waals surface area contributed by atoms with E-state index in [-0.39, 0.29) is 0 Å². The van der Waals surface area contributed by atoms with Gasteiger partial charge in [0.05, 0.1) is 24.0 Å². The molecule has 132 valence electrons. The van der Waals surface area contributed by atoms with Crippen molar-refractivity contribution < 1.29 is 4.63 Å². The number of aromatic amines is 1. The molecule has 3 aromatic heterocycles. The van der Waals surface area contributed by atoms with Crippen molar-refractivity contribution in [3.63, 3.8) is 0 Å². The van der Waals surface area contributed by atoms with E-state index in [1.807, 2.05) is 48.9 Å². The molecule has 5 aromatic rings. The molecule has 2 aromatic carbocycles. The topological polar surface area (TPSA) is 85.4 Å². The van der Waals surface area contributed by atoms with Gasteiger partial charge in [-0.2, -0.15) is 0 Å². The number of rotatable bonds is 5. The van der Waals surface area contributed by atoms with Crippen LogP contribution in [0, 0.1) is 0 Å². The Hall–Kier alpha value is -3.74. The smallest absolute Gasteiger partial charge is 0.144 e. The van der Waals surface area contributed by atoms with Gasteiger partial charge in [0.15, 0.2) is 0 Å². The lowest BCUT2D eigenvalue weighted by Crippen LogP contribution is -2.03. The summed E-state index contributed by atoms with van der Waals surface area (Å²) in [6, 6.07) is 16.0. The Balaban J connectivity index is 1.66. The number of H-pyrrole nitrogens is 1. The number of fused-ring (bicyclic) bond motifs is 1. The second kappa shape index (κ2) is 6.53. The minimum Gasteiger partial charge on any atom is -0.348 e. The second-order valence-electron chi connectivity index (χ2n) is 6.27. The van der Waals surface area contributed by atoms with Gasteiger partial charge in [-0.05, 0) is 16.4 Å². The lowest BCUT2D eigenvalue weighted by atomic mass is 10.0. The monoisotopic (exact) mass is 356 g/mol. The number of aromatic nitrogens is 6. The molecular weight excluding hydrogens is 340 g/mol. The summed E-state index contributed by atoms with van der Waals surface area (Å²) in [5, 5.41) is 8.10. The van der Waals surface area contributed by atoms with Crippen LogP contribution in [0.4, 0.5) is 0 Å². The van der Waals surface area contributed by atoms with E-state index in [4.69, 9.17) is 9.61 Å². The molecule has 0 aliphatic heterocycles. The molecule has 0 aliphatic carbocycles. The van der Waals surface area contributed by atoms with Gasteiger partial charge in [0.25, 0.3) is 0 Å². The Morgan fingerprint density at radius 3 is 2.78 bits per heavy atom. The van der Waals surface area contributed by atoms with Gasteiger partial charge in [-0.15, -0.1) is 0 Å². The summed E-state index contributed by atoms with van der Waals surface area (Å²) in [4.78, 5) is 12.0. The van der Waals surface area contributed by atoms with Crippen LogP contribution < -0.4 is 0 Å². The van der Waals surface area contributed by atoms with Gasteiger partial charge in [0.1, 0.15) is 11.0 Å². The molecule has 7 nitrogen and oxygen atoms in total. The maximum absolute atomic E-state index is 4.97. The van der Waals surface area contributed by atoms with E-state index in [0.717, 1.165) is 52.2 Å². The third-order valence-electron chi connectivity index (χ3n) is 4.60. The summed E-state index contributed by atoms with van der Waals surface area (Å²) in [6.45, 7) is 0.763. The molecule has 0 unspecified atom stereocenters. The minimum atomic E-state index is 0.729. The van der Waals surface area contributed by atoms with Crippen LogP contribution in [0.5, 0.6) is 0 Å². The first-order valence-electron chi connectivity index (χ1n) is 8.69. The number of aryl methyl sites for hydroxylation is 2. The second-order valence-corrected chi connectivity index (χ2v) is 6.27. The first kappa shape index (κ1) is 15.5. The standard InChI is InChI=1S/C20H16N6O/c1-2-5-14(6-3-1)18-20(16-7-4-8-17-19(16)25-27-24-17)26(13-23-18)10-9-15-11-21-12-22-15/h1-8,11-13H,9-10H2,(H,21,22). The Labute approximate surface area is 154 Å². The average molecular weight is 356 g/mol. The zero-order valence-corrected chi connectivity index (χ0v) is 14.4. The highest BCUT2D eigenvalue weighted by molar-refractivity contribution is 5.94. The minimum absolute atomic E-state index is 0.729. The molecular formula is C20H16N6O.